The SMILES string of the molecule is C=CCC(C)(Cc1ccccc1)C(=O)Nc1cnc2c(F)cccc2c1C. The monoisotopic (exact) mass is 362 g/mol. The zero-order valence-corrected chi connectivity index (χ0v) is 15.6. The number of aryl methyl sites for hydroxylation is 1. The maximum Gasteiger partial charge on any atom is 0.231 e. The van der Waals surface area contributed by atoms with Gasteiger partial charge in [0.05, 0.1) is 17.3 Å². The van der Waals surface area contributed by atoms with Crippen LogP contribution in [0.2, 0.25) is 0 Å². The fraction of sp³-hybridized carbons (Fsp3) is 0.217. The predicted molar refractivity (Wildman–Crippen MR) is 108 cm³/mol. The molecule has 0 bridgehead atoms. The molecular weight excluding hydrogens is 339 g/mol. The number of pyridine rings is 1. The number of benzene rings is 2. The Morgan fingerprint density at radius 3 is 2.67 bits per heavy atom. The molecule has 1 unspecified atom stereocenters. The number of para-hydroxylation sites is 1. The van der Waals surface area contributed by atoms with E-state index in [1.807, 2.05) is 50.2 Å². The number of nitrogens with one attached hydrogen (secondary N) is 1. The van der Waals surface area contributed by atoms with Crippen molar-refractivity contribution in [3.63, 3.8) is 0 Å². The Kier molecular flexibility index (Phi) is 5.36. The lowest BCUT2D eigenvalue weighted by Crippen LogP contribution is -2.35. The van der Waals surface area contributed by atoms with E-state index in [0.29, 0.717) is 29.4 Å². The number of fused-ring (bicyclic) bond motifs is 1. The Bertz CT molecular complexity index is 984. The van der Waals surface area contributed by atoms with E-state index in [9.17, 15) is 9.18 Å². The van der Waals surface area contributed by atoms with Crippen molar-refractivity contribution in [3.05, 3.63) is 84.3 Å². The van der Waals surface area contributed by atoms with E-state index in [2.05, 4.69) is 16.9 Å². The highest BCUT2D eigenvalue weighted by molar-refractivity contribution is 5.98. The second-order valence-corrected chi connectivity index (χ2v) is 7.10. The van der Waals surface area contributed by atoms with Crippen molar-refractivity contribution < 1.29 is 9.18 Å². The van der Waals surface area contributed by atoms with E-state index < -0.39 is 5.41 Å². The molecule has 1 amide bonds. The smallest absolute Gasteiger partial charge is 0.231 e. The van der Waals surface area contributed by atoms with Crippen molar-refractivity contribution in [1.29, 1.82) is 0 Å². The molecule has 0 aliphatic rings. The molecule has 138 valence electrons. The zero-order chi connectivity index (χ0) is 19.4. The summed E-state index contributed by atoms with van der Waals surface area (Å²) < 4.78 is 13.9. The van der Waals surface area contributed by atoms with Crippen LogP contribution in [0.1, 0.15) is 24.5 Å². The summed E-state index contributed by atoms with van der Waals surface area (Å²) >= 11 is 0. The molecule has 4 heteroatoms. The number of carbonyl (C=O) groups is 1. The molecule has 1 heterocycles. The summed E-state index contributed by atoms with van der Waals surface area (Å²) in [6.07, 6.45) is 4.43. The molecule has 0 radical (unpaired) electrons. The Labute approximate surface area is 158 Å². The van der Waals surface area contributed by atoms with E-state index in [4.69, 9.17) is 0 Å². The standard InChI is InChI=1S/C23H23FN2O/c1-4-13-23(3,14-17-9-6-5-7-10-17)22(27)26-20-15-25-21-18(16(20)2)11-8-12-19(21)24/h4-12,15H,1,13-14H2,2-3H3,(H,26,27). The van der Waals surface area contributed by atoms with Crippen molar-refractivity contribution in [2.75, 3.05) is 5.32 Å². The molecule has 3 rings (SSSR count). The average molecular weight is 362 g/mol. The van der Waals surface area contributed by atoms with Gasteiger partial charge in [-0.1, -0.05) is 55.5 Å². The van der Waals surface area contributed by atoms with Gasteiger partial charge in [0.15, 0.2) is 0 Å². The molecule has 0 saturated carbocycles. The molecule has 0 fully saturated rings. The summed E-state index contributed by atoms with van der Waals surface area (Å²) in [6.45, 7) is 7.60. The highest BCUT2D eigenvalue weighted by Crippen LogP contribution is 2.31. The summed E-state index contributed by atoms with van der Waals surface area (Å²) in [7, 11) is 0. The topological polar surface area (TPSA) is 42.0 Å². The van der Waals surface area contributed by atoms with Crippen LogP contribution >= 0.6 is 0 Å². The average Bonchev–Trinajstić information content (AvgIpc) is 2.65. The van der Waals surface area contributed by atoms with Gasteiger partial charge in [-0.05, 0) is 37.0 Å². The third kappa shape index (κ3) is 3.90. The van der Waals surface area contributed by atoms with Gasteiger partial charge in [-0.2, -0.15) is 0 Å². The van der Waals surface area contributed by atoms with Crippen LogP contribution < -0.4 is 5.32 Å². The van der Waals surface area contributed by atoms with Crippen LogP contribution in [0.4, 0.5) is 10.1 Å². The molecule has 3 aromatic rings. The Morgan fingerprint density at radius 2 is 1.96 bits per heavy atom. The van der Waals surface area contributed by atoms with Crippen LogP contribution in [0, 0.1) is 18.2 Å². The van der Waals surface area contributed by atoms with Crippen LogP contribution in [0.5, 0.6) is 0 Å². The summed E-state index contributed by atoms with van der Waals surface area (Å²) in [5.41, 5.74) is 2.15. The van der Waals surface area contributed by atoms with Gasteiger partial charge < -0.3 is 5.32 Å². The fourth-order valence-electron chi connectivity index (χ4n) is 3.33. The van der Waals surface area contributed by atoms with Gasteiger partial charge >= 0.3 is 0 Å². The van der Waals surface area contributed by atoms with Gasteiger partial charge in [-0.3, -0.25) is 9.78 Å². The van der Waals surface area contributed by atoms with Gasteiger partial charge in [0.1, 0.15) is 11.3 Å². The first-order valence-corrected chi connectivity index (χ1v) is 8.95. The van der Waals surface area contributed by atoms with Gasteiger partial charge in [-0.15, -0.1) is 6.58 Å². The van der Waals surface area contributed by atoms with Crippen LogP contribution in [0.3, 0.4) is 0 Å². The van der Waals surface area contributed by atoms with E-state index >= 15 is 0 Å². The predicted octanol–water partition coefficient (Wildman–Crippen LogP) is 5.45. The van der Waals surface area contributed by atoms with Gasteiger partial charge in [0.25, 0.3) is 0 Å². The first-order chi connectivity index (χ1) is 12.9. The van der Waals surface area contributed by atoms with Crippen molar-refractivity contribution in [3.8, 4) is 0 Å². The molecule has 2 aromatic carbocycles. The van der Waals surface area contributed by atoms with Crippen molar-refractivity contribution in [1.82, 2.24) is 4.98 Å². The lowest BCUT2D eigenvalue weighted by atomic mass is 9.79. The fourth-order valence-corrected chi connectivity index (χ4v) is 3.33. The molecule has 1 N–H and O–H groups in total. The number of carbonyl (C=O) groups excluding carboxylic acids is 1. The van der Waals surface area contributed by atoms with Gasteiger partial charge in [0.2, 0.25) is 5.91 Å². The van der Waals surface area contributed by atoms with E-state index in [0.717, 1.165) is 11.1 Å². The minimum Gasteiger partial charge on any atom is -0.324 e. The highest BCUT2D eigenvalue weighted by Gasteiger charge is 2.32. The van der Waals surface area contributed by atoms with Crippen LogP contribution in [0.15, 0.2) is 67.4 Å². The Morgan fingerprint density at radius 1 is 1.22 bits per heavy atom. The summed E-state index contributed by atoms with van der Waals surface area (Å²) in [4.78, 5) is 17.3. The maximum absolute atomic E-state index is 13.9. The highest BCUT2D eigenvalue weighted by atomic mass is 19.1. The number of aromatic nitrogens is 1. The lowest BCUT2D eigenvalue weighted by molar-refractivity contribution is -0.124. The Hall–Kier alpha value is -3.01. The minimum atomic E-state index is -0.646. The van der Waals surface area contributed by atoms with Crippen molar-refractivity contribution in [2.24, 2.45) is 5.41 Å². The molecule has 0 aliphatic heterocycles. The third-order valence-corrected chi connectivity index (χ3v) is 4.95. The number of allylic oxidation sites excluding steroid dienone is 1. The third-order valence-electron chi connectivity index (χ3n) is 4.95. The number of hydrogen-bond donors (Lipinski definition) is 1. The number of anilines is 1. The first kappa shape index (κ1) is 18.8. The quantitative estimate of drug-likeness (QED) is 0.593. The summed E-state index contributed by atoms with van der Waals surface area (Å²) in [5.74, 6) is -0.471. The van der Waals surface area contributed by atoms with Crippen LogP contribution in [-0.2, 0) is 11.2 Å². The van der Waals surface area contributed by atoms with Crippen LogP contribution in [-0.4, -0.2) is 10.9 Å². The van der Waals surface area contributed by atoms with Gasteiger partial charge in [0, 0.05) is 5.39 Å². The number of amides is 1. The number of nitrogens with zero attached hydrogens (tertiary/aromatic N) is 1. The summed E-state index contributed by atoms with van der Waals surface area (Å²) in [5, 5.41) is 3.69. The largest absolute Gasteiger partial charge is 0.324 e. The summed E-state index contributed by atoms with van der Waals surface area (Å²) in [6, 6.07) is 14.8. The lowest BCUT2D eigenvalue weighted by Gasteiger charge is -2.28. The van der Waals surface area contributed by atoms with E-state index in [1.165, 1.54) is 12.3 Å². The first-order valence-electron chi connectivity index (χ1n) is 8.95. The van der Waals surface area contributed by atoms with Crippen molar-refractivity contribution >= 4 is 22.5 Å². The minimum absolute atomic E-state index is 0.105. The number of hydrogen-bond acceptors (Lipinski definition) is 2. The molecule has 1 atom stereocenters. The molecule has 3 nitrogen and oxygen atoms in total. The molecule has 1 aromatic heterocycles. The normalized spacial score (nSPS) is 13.1. The molecule has 27 heavy (non-hydrogen) atoms. The second-order valence-electron chi connectivity index (χ2n) is 7.10. The van der Waals surface area contributed by atoms with Gasteiger partial charge in [-0.25, -0.2) is 4.39 Å². The Balaban J connectivity index is 1.91. The second kappa shape index (κ2) is 7.70. The van der Waals surface area contributed by atoms with E-state index in [1.54, 1.807) is 12.1 Å². The van der Waals surface area contributed by atoms with Crippen LogP contribution in [0.25, 0.3) is 10.9 Å². The number of halogens is 1. The van der Waals surface area contributed by atoms with Crippen molar-refractivity contribution in [2.45, 2.75) is 26.7 Å². The molecule has 0 saturated heterocycles. The maximum atomic E-state index is 13.9. The zero-order valence-electron chi connectivity index (χ0n) is 15.6. The number of rotatable bonds is 6. The molecule has 0 aliphatic carbocycles. The van der Waals surface area contributed by atoms with E-state index in [-0.39, 0.29) is 11.7 Å². The molecular formula is C23H23FN2O. The molecule has 0 spiro atoms.